The minimum atomic E-state index is -0.219. The summed E-state index contributed by atoms with van der Waals surface area (Å²) in [4.78, 5) is 4.50. The van der Waals surface area contributed by atoms with Crippen molar-refractivity contribution in [3.05, 3.63) is 41.3 Å². The van der Waals surface area contributed by atoms with Crippen LogP contribution in [0.4, 0.5) is 4.39 Å². The Bertz CT molecular complexity index is 517. The van der Waals surface area contributed by atoms with E-state index in [1.165, 1.54) is 17.7 Å². The summed E-state index contributed by atoms with van der Waals surface area (Å²) in [6.45, 7) is 6.32. The van der Waals surface area contributed by atoms with Crippen LogP contribution in [0.5, 0.6) is 0 Å². The number of aryl methyl sites for hydroxylation is 1. The van der Waals surface area contributed by atoms with Crippen LogP contribution in [0.15, 0.2) is 24.3 Å². The highest BCUT2D eigenvalue weighted by Crippen LogP contribution is 2.23. The van der Waals surface area contributed by atoms with Gasteiger partial charge < -0.3 is 0 Å². The van der Waals surface area contributed by atoms with Gasteiger partial charge in [-0.25, -0.2) is 4.39 Å². The Morgan fingerprint density at radius 2 is 2.00 bits per heavy atom. The molecule has 1 heterocycles. The van der Waals surface area contributed by atoms with Crippen molar-refractivity contribution < 1.29 is 4.39 Å². The molecule has 0 fully saturated rings. The van der Waals surface area contributed by atoms with Crippen molar-refractivity contribution in [2.45, 2.75) is 33.1 Å². The fourth-order valence-corrected chi connectivity index (χ4v) is 1.88. The SMILES string of the molecule is CCc1cc(C(C)C)nc2cc(F)ccc12. The molecule has 0 saturated heterocycles. The summed E-state index contributed by atoms with van der Waals surface area (Å²) in [5.41, 5.74) is 3.05. The number of pyridine rings is 1. The summed E-state index contributed by atoms with van der Waals surface area (Å²) in [5, 5.41) is 1.06. The summed E-state index contributed by atoms with van der Waals surface area (Å²) >= 11 is 0. The summed E-state index contributed by atoms with van der Waals surface area (Å²) in [6.07, 6.45) is 0.949. The largest absolute Gasteiger partial charge is 0.252 e. The number of fused-ring (bicyclic) bond motifs is 1. The first kappa shape index (κ1) is 11.1. The zero-order valence-electron chi connectivity index (χ0n) is 9.92. The van der Waals surface area contributed by atoms with E-state index in [-0.39, 0.29) is 5.82 Å². The van der Waals surface area contributed by atoms with E-state index >= 15 is 0 Å². The molecule has 84 valence electrons. The van der Waals surface area contributed by atoms with Gasteiger partial charge in [-0.2, -0.15) is 0 Å². The summed E-state index contributed by atoms with van der Waals surface area (Å²) in [5.74, 6) is 0.154. The Morgan fingerprint density at radius 3 is 2.62 bits per heavy atom. The van der Waals surface area contributed by atoms with Gasteiger partial charge in [0.15, 0.2) is 0 Å². The first-order valence-corrected chi connectivity index (χ1v) is 5.71. The van der Waals surface area contributed by atoms with Gasteiger partial charge in [0, 0.05) is 17.1 Å². The number of halogens is 1. The van der Waals surface area contributed by atoms with Crippen LogP contribution in [0.2, 0.25) is 0 Å². The fraction of sp³-hybridized carbons (Fsp3) is 0.357. The van der Waals surface area contributed by atoms with E-state index in [0.717, 1.165) is 23.0 Å². The van der Waals surface area contributed by atoms with E-state index in [4.69, 9.17) is 0 Å². The van der Waals surface area contributed by atoms with Crippen molar-refractivity contribution in [2.24, 2.45) is 0 Å². The Kier molecular flexibility index (Phi) is 2.90. The van der Waals surface area contributed by atoms with Crippen molar-refractivity contribution in [2.75, 3.05) is 0 Å². The second kappa shape index (κ2) is 4.20. The van der Waals surface area contributed by atoms with Gasteiger partial charge in [0.25, 0.3) is 0 Å². The molecule has 2 heteroatoms. The van der Waals surface area contributed by atoms with Crippen LogP contribution in [-0.2, 0) is 6.42 Å². The molecule has 0 aliphatic heterocycles. The highest BCUT2D eigenvalue weighted by molar-refractivity contribution is 5.82. The maximum absolute atomic E-state index is 13.2. The first-order valence-electron chi connectivity index (χ1n) is 5.71. The molecule has 1 aromatic carbocycles. The smallest absolute Gasteiger partial charge is 0.125 e. The number of aromatic nitrogens is 1. The van der Waals surface area contributed by atoms with Crippen LogP contribution >= 0.6 is 0 Å². The van der Waals surface area contributed by atoms with E-state index in [1.807, 2.05) is 6.07 Å². The Morgan fingerprint density at radius 1 is 1.25 bits per heavy atom. The van der Waals surface area contributed by atoms with E-state index in [9.17, 15) is 4.39 Å². The maximum atomic E-state index is 13.2. The predicted molar refractivity (Wildman–Crippen MR) is 65.2 cm³/mol. The standard InChI is InChI=1S/C14H16FN/c1-4-10-7-13(9(2)3)16-14-8-11(15)5-6-12(10)14/h5-9H,4H2,1-3H3. The molecule has 0 atom stereocenters. The van der Waals surface area contributed by atoms with Crippen LogP contribution in [0.25, 0.3) is 10.9 Å². The number of benzene rings is 1. The number of rotatable bonds is 2. The third kappa shape index (κ3) is 1.92. The third-order valence-corrected chi connectivity index (χ3v) is 2.85. The molecule has 16 heavy (non-hydrogen) atoms. The van der Waals surface area contributed by atoms with E-state index < -0.39 is 0 Å². The molecule has 0 radical (unpaired) electrons. The van der Waals surface area contributed by atoms with Crippen LogP contribution in [-0.4, -0.2) is 4.98 Å². The molecule has 0 N–H and O–H groups in total. The van der Waals surface area contributed by atoms with E-state index in [2.05, 4.69) is 31.8 Å². The normalized spacial score (nSPS) is 11.3. The molecule has 0 amide bonds. The van der Waals surface area contributed by atoms with Crippen molar-refractivity contribution in [1.82, 2.24) is 4.98 Å². The molecule has 1 aromatic heterocycles. The van der Waals surface area contributed by atoms with Gasteiger partial charge in [-0.1, -0.05) is 20.8 Å². The van der Waals surface area contributed by atoms with Crippen molar-refractivity contribution in [3.63, 3.8) is 0 Å². The monoisotopic (exact) mass is 217 g/mol. The second-order valence-electron chi connectivity index (χ2n) is 4.38. The van der Waals surface area contributed by atoms with Crippen LogP contribution in [0.3, 0.4) is 0 Å². The lowest BCUT2D eigenvalue weighted by Crippen LogP contribution is -1.97. The van der Waals surface area contributed by atoms with Gasteiger partial charge in [0.1, 0.15) is 5.82 Å². The first-order chi connectivity index (χ1) is 7.61. The van der Waals surface area contributed by atoms with E-state index in [0.29, 0.717) is 5.92 Å². The molecular weight excluding hydrogens is 201 g/mol. The summed E-state index contributed by atoms with van der Waals surface area (Å²) in [7, 11) is 0. The average molecular weight is 217 g/mol. The van der Waals surface area contributed by atoms with Crippen LogP contribution in [0, 0.1) is 5.82 Å². The zero-order valence-corrected chi connectivity index (χ0v) is 9.92. The molecule has 0 saturated carbocycles. The van der Waals surface area contributed by atoms with Gasteiger partial charge in [0.05, 0.1) is 5.52 Å². The number of hydrogen-bond donors (Lipinski definition) is 0. The molecule has 0 aliphatic carbocycles. The Labute approximate surface area is 95.3 Å². The summed E-state index contributed by atoms with van der Waals surface area (Å²) in [6, 6.07) is 6.96. The van der Waals surface area contributed by atoms with Crippen molar-refractivity contribution in [1.29, 1.82) is 0 Å². The highest BCUT2D eigenvalue weighted by atomic mass is 19.1. The molecule has 0 spiro atoms. The quantitative estimate of drug-likeness (QED) is 0.739. The average Bonchev–Trinajstić information content (AvgIpc) is 2.26. The minimum Gasteiger partial charge on any atom is -0.252 e. The number of hydrogen-bond acceptors (Lipinski definition) is 1. The zero-order chi connectivity index (χ0) is 11.7. The maximum Gasteiger partial charge on any atom is 0.125 e. The molecule has 0 unspecified atom stereocenters. The molecule has 1 nitrogen and oxygen atoms in total. The second-order valence-corrected chi connectivity index (χ2v) is 4.38. The van der Waals surface area contributed by atoms with Crippen molar-refractivity contribution >= 4 is 10.9 Å². The molecule has 2 rings (SSSR count). The molecule has 0 aliphatic rings. The third-order valence-electron chi connectivity index (χ3n) is 2.85. The van der Waals surface area contributed by atoms with Crippen LogP contribution in [0.1, 0.15) is 37.9 Å². The lowest BCUT2D eigenvalue weighted by Gasteiger charge is -2.10. The molecular formula is C14H16FN. The highest BCUT2D eigenvalue weighted by Gasteiger charge is 2.07. The Balaban J connectivity index is 2.73. The van der Waals surface area contributed by atoms with Gasteiger partial charge in [-0.15, -0.1) is 0 Å². The predicted octanol–water partition coefficient (Wildman–Crippen LogP) is 4.06. The van der Waals surface area contributed by atoms with E-state index in [1.54, 1.807) is 0 Å². The van der Waals surface area contributed by atoms with Gasteiger partial charge in [-0.3, -0.25) is 4.98 Å². The lowest BCUT2D eigenvalue weighted by atomic mass is 10.0. The summed E-state index contributed by atoms with van der Waals surface area (Å²) < 4.78 is 13.2. The molecule has 2 aromatic rings. The topological polar surface area (TPSA) is 12.9 Å². The minimum absolute atomic E-state index is 0.219. The Hall–Kier alpha value is -1.44. The van der Waals surface area contributed by atoms with Crippen molar-refractivity contribution in [3.8, 4) is 0 Å². The lowest BCUT2D eigenvalue weighted by molar-refractivity contribution is 0.629. The van der Waals surface area contributed by atoms with Gasteiger partial charge in [-0.05, 0) is 36.1 Å². The number of nitrogens with zero attached hydrogens (tertiary/aromatic N) is 1. The molecule has 0 bridgehead atoms. The fourth-order valence-electron chi connectivity index (χ4n) is 1.88. The van der Waals surface area contributed by atoms with Crippen LogP contribution < -0.4 is 0 Å². The van der Waals surface area contributed by atoms with Gasteiger partial charge >= 0.3 is 0 Å². The van der Waals surface area contributed by atoms with Gasteiger partial charge in [0.2, 0.25) is 0 Å².